The normalized spacial score (nSPS) is 34.2. The Morgan fingerprint density at radius 1 is 1.64 bits per heavy atom. The number of fused-ring (bicyclic) bond motifs is 1. The van der Waals surface area contributed by atoms with Gasteiger partial charge in [-0.15, -0.1) is 11.3 Å². The Kier molecular flexibility index (Phi) is 1.79. The number of carbonyl (C=O) groups is 1. The van der Waals surface area contributed by atoms with Crippen LogP contribution >= 0.6 is 11.3 Å². The van der Waals surface area contributed by atoms with Crippen molar-refractivity contribution in [3.8, 4) is 0 Å². The summed E-state index contributed by atoms with van der Waals surface area (Å²) in [5.74, 6) is 1.28. The Hall–Kier alpha value is -0.670. The lowest BCUT2D eigenvalue weighted by Gasteiger charge is -2.32. The number of thiophene rings is 1. The predicted octanol–water partition coefficient (Wildman–Crippen LogP) is 1.85. The highest BCUT2D eigenvalue weighted by Gasteiger charge is 2.50. The Labute approximate surface area is 87.3 Å². The minimum absolute atomic E-state index is 0.285. The number of carbonyl (C=O) groups excluding carboxylic acids is 1. The van der Waals surface area contributed by atoms with Gasteiger partial charge in [0, 0.05) is 12.0 Å². The molecule has 0 radical (unpaired) electrons. The topological polar surface area (TPSA) is 29.1 Å². The highest BCUT2D eigenvalue weighted by molar-refractivity contribution is 7.12. The zero-order chi connectivity index (χ0) is 9.71. The van der Waals surface area contributed by atoms with Gasteiger partial charge < -0.3 is 5.32 Å². The Morgan fingerprint density at radius 2 is 2.50 bits per heavy atom. The number of ketones is 1. The molecule has 3 atom stereocenters. The minimum atomic E-state index is 0.285. The first-order valence-electron chi connectivity index (χ1n) is 5.09. The molecule has 2 saturated heterocycles. The maximum Gasteiger partial charge on any atom is 0.178 e. The molecule has 3 fully saturated rings. The predicted molar refractivity (Wildman–Crippen MR) is 56.8 cm³/mol. The van der Waals surface area contributed by atoms with Crippen LogP contribution < -0.4 is 5.32 Å². The summed E-state index contributed by atoms with van der Waals surface area (Å²) in [7, 11) is 0. The number of rotatable bonds is 2. The highest BCUT2D eigenvalue weighted by atomic mass is 32.1. The van der Waals surface area contributed by atoms with E-state index in [0.717, 1.165) is 17.0 Å². The molecule has 3 heterocycles. The van der Waals surface area contributed by atoms with Crippen molar-refractivity contribution < 1.29 is 4.79 Å². The lowest BCUT2D eigenvalue weighted by atomic mass is 9.71. The van der Waals surface area contributed by atoms with Crippen molar-refractivity contribution in [2.45, 2.75) is 19.4 Å². The number of aryl methyl sites for hydroxylation is 1. The first kappa shape index (κ1) is 8.62. The van der Waals surface area contributed by atoms with E-state index in [1.54, 1.807) is 11.3 Å². The quantitative estimate of drug-likeness (QED) is 0.750. The summed E-state index contributed by atoms with van der Waals surface area (Å²) in [6.07, 6.45) is 1.21. The van der Waals surface area contributed by atoms with Crippen molar-refractivity contribution >= 4 is 17.1 Å². The maximum absolute atomic E-state index is 12.1. The largest absolute Gasteiger partial charge is 0.313 e. The Balaban J connectivity index is 1.87. The van der Waals surface area contributed by atoms with Crippen molar-refractivity contribution in [2.75, 3.05) is 6.54 Å². The van der Waals surface area contributed by atoms with Crippen LogP contribution in [-0.2, 0) is 0 Å². The first-order valence-corrected chi connectivity index (χ1v) is 5.97. The fourth-order valence-corrected chi connectivity index (χ4v) is 3.56. The molecule has 2 bridgehead atoms. The molecule has 0 amide bonds. The molecule has 74 valence electrons. The van der Waals surface area contributed by atoms with Crippen LogP contribution in [-0.4, -0.2) is 18.4 Å². The lowest BCUT2D eigenvalue weighted by Crippen LogP contribution is -2.42. The van der Waals surface area contributed by atoms with Crippen LogP contribution in [0.5, 0.6) is 0 Å². The zero-order valence-corrected chi connectivity index (χ0v) is 8.93. The molecular formula is C11H13NOS. The number of nitrogens with one attached hydrogen (secondary N) is 1. The molecule has 1 aromatic rings. The van der Waals surface area contributed by atoms with Crippen molar-refractivity contribution in [3.05, 3.63) is 21.9 Å². The van der Waals surface area contributed by atoms with Gasteiger partial charge in [-0.05, 0) is 42.8 Å². The van der Waals surface area contributed by atoms with Crippen molar-refractivity contribution in [3.63, 3.8) is 0 Å². The van der Waals surface area contributed by atoms with Crippen LogP contribution in [0.2, 0.25) is 0 Å². The molecule has 2 aliphatic heterocycles. The summed E-state index contributed by atoms with van der Waals surface area (Å²) >= 11 is 1.59. The van der Waals surface area contributed by atoms with Gasteiger partial charge in [-0.2, -0.15) is 0 Å². The standard InChI is InChI=1S/C11H13NOS/c1-6-2-3-14-11(6)10(13)9-7-4-8(9)12-5-7/h2-3,7-9,12H,4-5H2,1H3. The van der Waals surface area contributed by atoms with E-state index in [2.05, 4.69) is 5.32 Å². The molecule has 0 spiro atoms. The molecule has 2 nitrogen and oxygen atoms in total. The van der Waals surface area contributed by atoms with Gasteiger partial charge in [0.15, 0.2) is 5.78 Å². The van der Waals surface area contributed by atoms with Gasteiger partial charge in [-0.1, -0.05) is 0 Å². The molecule has 1 N–H and O–H groups in total. The van der Waals surface area contributed by atoms with Gasteiger partial charge in [0.25, 0.3) is 0 Å². The van der Waals surface area contributed by atoms with E-state index in [-0.39, 0.29) is 5.92 Å². The van der Waals surface area contributed by atoms with Gasteiger partial charge in [0.2, 0.25) is 0 Å². The molecule has 1 aromatic heterocycles. The number of Topliss-reactive ketones (excluding diaryl/α,β-unsaturated/α-hetero) is 1. The maximum atomic E-state index is 12.1. The number of hydrogen-bond donors (Lipinski definition) is 1. The van der Waals surface area contributed by atoms with E-state index in [1.165, 1.54) is 6.42 Å². The van der Waals surface area contributed by atoms with Crippen LogP contribution in [0.4, 0.5) is 0 Å². The summed E-state index contributed by atoms with van der Waals surface area (Å²) in [5, 5.41) is 5.40. The molecule has 3 aliphatic rings. The van der Waals surface area contributed by atoms with E-state index in [4.69, 9.17) is 0 Å². The molecule has 1 saturated carbocycles. The summed E-state index contributed by atoms with van der Waals surface area (Å²) in [4.78, 5) is 13.1. The molecular weight excluding hydrogens is 194 g/mol. The summed E-state index contributed by atoms with van der Waals surface area (Å²) in [6, 6.07) is 2.51. The minimum Gasteiger partial charge on any atom is -0.313 e. The molecule has 3 unspecified atom stereocenters. The van der Waals surface area contributed by atoms with Gasteiger partial charge in [-0.3, -0.25) is 4.79 Å². The second-order valence-electron chi connectivity index (χ2n) is 4.33. The van der Waals surface area contributed by atoms with E-state index in [9.17, 15) is 4.79 Å². The fourth-order valence-electron chi connectivity index (χ4n) is 2.65. The average Bonchev–Trinajstić information content (AvgIpc) is 2.74. The van der Waals surface area contributed by atoms with Crippen molar-refractivity contribution in [2.24, 2.45) is 11.8 Å². The SMILES string of the molecule is Cc1ccsc1C(=O)C1C2CNC1C2. The first-order chi connectivity index (χ1) is 6.77. The monoisotopic (exact) mass is 207 g/mol. The number of hydrogen-bond acceptors (Lipinski definition) is 3. The van der Waals surface area contributed by atoms with E-state index in [0.29, 0.717) is 17.7 Å². The third-order valence-electron chi connectivity index (χ3n) is 3.53. The van der Waals surface area contributed by atoms with E-state index >= 15 is 0 Å². The molecule has 1 aliphatic carbocycles. The highest BCUT2D eigenvalue weighted by Crippen LogP contribution is 2.42. The third kappa shape index (κ3) is 1.03. The smallest absolute Gasteiger partial charge is 0.178 e. The van der Waals surface area contributed by atoms with Crippen LogP contribution in [0.15, 0.2) is 11.4 Å². The molecule has 14 heavy (non-hydrogen) atoms. The second kappa shape index (κ2) is 2.91. The van der Waals surface area contributed by atoms with Crippen molar-refractivity contribution in [1.29, 1.82) is 0 Å². The molecule has 0 aromatic carbocycles. The van der Waals surface area contributed by atoms with Gasteiger partial charge in [0.05, 0.1) is 4.88 Å². The molecule has 4 rings (SSSR count). The van der Waals surface area contributed by atoms with Gasteiger partial charge in [0.1, 0.15) is 0 Å². The third-order valence-corrected chi connectivity index (χ3v) is 4.56. The summed E-state index contributed by atoms with van der Waals surface area (Å²) in [5.41, 5.74) is 1.14. The summed E-state index contributed by atoms with van der Waals surface area (Å²) in [6.45, 7) is 3.07. The molecule has 3 heteroatoms. The summed E-state index contributed by atoms with van der Waals surface area (Å²) < 4.78 is 0. The van der Waals surface area contributed by atoms with Crippen LogP contribution in [0.3, 0.4) is 0 Å². The Morgan fingerprint density at radius 3 is 3.00 bits per heavy atom. The fraction of sp³-hybridized carbons (Fsp3) is 0.545. The zero-order valence-electron chi connectivity index (χ0n) is 8.12. The van der Waals surface area contributed by atoms with E-state index < -0.39 is 0 Å². The van der Waals surface area contributed by atoms with Crippen LogP contribution in [0, 0.1) is 18.8 Å². The van der Waals surface area contributed by atoms with Crippen LogP contribution in [0.25, 0.3) is 0 Å². The van der Waals surface area contributed by atoms with Crippen molar-refractivity contribution in [1.82, 2.24) is 5.32 Å². The van der Waals surface area contributed by atoms with E-state index in [1.807, 2.05) is 18.4 Å². The van der Waals surface area contributed by atoms with Crippen LogP contribution in [0.1, 0.15) is 21.7 Å². The lowest BCUT2D eigenvalue weighted by molar-refractivity contribution is 0.0788. The van der Waals surface area contributed by atoms with Gasteiger partial charge in [-0.25, -0.2) is 0 Å². The average molecular weight is 207 g/mol. The Bertz CT molecular complexity index is 370. The second-order valence-corrected chi connectivity index (χ2v) is 5.25. The van der Waals surface area contributed by atoms with Gasteiger partial charge >= 0.3 is 0 Å².